The van der Waals surface area contributed by atoms with Crippen molar-refractivity contribution in [1.82, 2.24) is 9.88 Å². The maximum atomic E-state index is 5.92. The molecule has 0 spiro atoms. The minimum absolute atomic E-state index is 0.608. The van der Waals surface area contributed by atoms with Gasteiger partial charge in [0.2, 0.25) is 0 Å². The summed E-state index contributed by atoms with van der Waals surface area (Å²) in [6.45, 7) is 1.97. The number of hydrogen-bond donors (Lipinski definition) is 0. The molecule has 0 bridgehead atoms. The van der Waals surface area contributed by atoms with Gasteiger partial charge in [-0.05, 0) is 25.0 Å². The fourth-order valence-corrected chi connectivity index (χ4v) is 3.06. The first kappa shape index (κ1) is 12.9. The Morgan fingerprint density at radius 1 is 1.33 bits per heavy atom. The van der Waals surface area contributed by atoms with Crippen LogP contribution in [0.4, 0.5) is 0 Å². The van der Waals surface area contributed by atoms with Gasteiger partial charge in [-0.25, -0.2) is 4.98 Å². The lowest BCUT2D eigenvalue weighted by atomic mass is 9.93. The molecule has 0 amide bonds. The van der Waals surface area contributed by atoms with Crippen molar-refractivity contribution in [3.8, 4) is 11.5 Å². The van der Waals surface area contributed by atoms with E-state index in [1.54, 1.807) is 13.3 Å². The normalized spacial score (nSPS) is 24.6. The molecule has 2 aromatic rings. The lowest BCUT2D eigenvalue weighted by Crippen LogP contribution is -2.29. The van der Waals surface area contributed by atoms with Gasteiger partial charge in [0.05, 0.1) is 19.3 Å². The molecule has 4 nitrogen and oxygen atoms in total. The van der Waals surface area contributed by atoms with Crippen LogP contribution in [0.15, 0.2) is 30.5 Å². The van der Waals surface area contributed by atoms with Crippen molar-refractivity contribution < 1.29 is 9.47 Å². The van der Waals surface area contributed by atoms with Crippen molar-refractivity contribution in [2.24, 2.45) is 0 Å². The monoisotopic (exact) mass is 284 g/mol. The van der Waals surface area contributed by atoms with E-state index in [2.05, 4.69) is 9.88 Å². The Morgan fingerprint density at radius 2 is 2.24 bits per heavy atom. The van der Waals surface area contributed by atoms with Gasteiger partial charge in [-0.2, -0.15) is 0 Å². The summed E-state index contributed by atoms with van der Waals surface area (Å²) in [6.07, 6.45) is 5.92. The van der Waals surface area contributed by atoms with E-state index < -0.39 is 0 Å². The molecule has 0 radical (unpaired) electrons. The van der Waals surface area contributed by atoms with Gasteiger partial charge < -0.3 is 9.47 Å². The number of nitrogens with zero attached hydrogens (tertiary/aromatic N) is 2. The third-order valence-electron chi connectivity index (χ3n) is 4.61. The highest BCUT2D eigenvalue weighted by Crippen LogP contribution is 2.34. The number of fused-ring (bicyclic) bond motifs is 1. The first-order valence-corrected chi connectivity index (χ1v) is 7.66. The highest BCUT2D eigenvalue weighted by atomic mass is 16.5. The SMILES string of the molecule is COc1cccc2cc(OCC3CN3C3CCC3)cnc12. The molecule has 1 aliphatic carbocycles. The molecule has 4 rings (SSSR count). The standard InChI is InChI=1S/C17H20N2O2/c1-20-16-7-2-4-12-8-15(9-18-17(12)16)21-11-14-10-19(14)13-5-3-6-13/h2,4,7-9,13-14H,3,5-6,10-11H2,1H3. The van der Waals surface area contributed by atoms with Gasteiger partial charge in [0.1, 0.15) is 23.6 Å². The Balaban J connectivity index is 1.42. The first-order valence-electron chi connectivity index (χ1n) is 7.66. The third-order valence-corrected chi connectivity index (χ3v) is 4.61. The highest BCUT2D eigenvalue weighted by molar-refractivity contribution is 5.85. The zero-order valence-electron chi connectivity index (χ0n) is 12.3. The van der Waals surface area contributed by atoms with Gasteiger partial charge in [-0.15, -0.1) is 0 Å². The van der Waals surface area contributed by atoms with Crippen LogP contribution in [0.2, 0.25) is 0 Å². The maximum absolute atomic E-state index is 5.92. The van der Waals surface area contributed by atoms with E-state index in [0.717, 1.165) is 35.1 Å². The first-order chi connectivity index (χ1) is 10.3. The van der Waals surface area contributed by atoms with Crippen LogP contribution in [-0.4, -0.2) is 42.2 Å². The maximum Gasteiger partial charge on any atom is 0.145 e. The van der Waals surface area contributed by atoms with E-state index in [-0.39, 0.29) is 0 Å². The van der Waals surface area contributed by atoms with E-state index in [0.29, 0.717) is 6.04 Å². The van der Waals surface area contributed by atoms with Crippen LogP contribution in [0.3, 0.4) is 0 Å². The largest absolute Gasteiger partial charge is 0.494 e. The number of para-hydroxylation sites is 1. The van der Waals surface area contributed by atoms with Crippen LogP contribution >= 0.6 is 0 Å². The Labute approximate surface area is 124 Å². The van der Waals surface area contributed by atoms with Crippen molar-refractivity contribution in [3.05, 3.63) is 30.5 Å². The molecule has 110 valence electrons. The molecule has 1 saturated carbocycles. The zero-order chi connectivity index (χ0) is 14.2. The minimum Gasteiger partial charge on any atom is -0.494 e. The second kappa shape index (κ2) is 5.19. The number of benzene rings is 1. The van der Waals surface area contributed by atoms with Crippen LogP contribution in [0.25, 0.3) is 10.9 Å². The molecule has 2 unspecified atom stereocenters. The minimum atomic E-state index is 0.608. The Morgan fingerprint density at radius 3 is 3.00 bits per heavy atom. The average Bonchev–Trinajstić information content (AvgIpc) is 3.21. The van der Waals surface area contributed by atoms with Crippen LogP contribution in [0, 0.1) is 0 Å². The molecule has 2 atom stereocenters. The summed E-state index contributed by atoms with van der Waals surface area (Å²) in [5.74, 6) is 1.65. The van der Waals surface area contributed by atoms with E-state index in [9.17, 15) is 0 Å². The Hall–Kier alpha value is -1.81. The molecule has 1 saturated heterocycles. The van der Waals surface area contributed by atoms with E-state index >= 15 is 0 Å². The van der Waals surface area contributed by atoms with Gasteiger partial charge in [-0.3, -0.25) is 4.90 Å². The summed E-state index contributed by atoms with van der Waals surface area (Å²) in [5.41, 5.74) is 0.884. The predicted molar refractivity (Wildman–Crippen MR) is 81.9 cm³/mol. The zero-order valence-corrected chi connectivity index (χ0v) is 12.3. The summed E-state index contributed by atoms with van der Waals surface area (Å²) < 4.78 is 11.2. The lowest BCUT2D eigenvalue weighted by Gasteiger charge is -2.27. The van der Waals surface area contributed by atoms with Gasteiger partial charge in [-0.1, -0.05) is 18.6 Å². The van der Waals surface area contributed by atoms with E-state index in [4.69, 9.17) is 9.47 Å². The molecule has 2 heterocycles. The second-order valence-electron chi connectivity index (χ2n) is 5.95. The van der Waals surface area contributed by atoms with E-state index in [1.165, 1.54) is 25.8 Å². The quantitative estimate of drug-likeness (QED) is 0.791. The smallest absolute Gasteiger partial charge is 0.145 e. The molecule has 1 aliphatic heterocycles. The van der Waals surface area contributed by atoms with Crippen molar-refractivity contribution in [1.29, 1.82) is 0 Å². The Kier molecular flexibility index (Phi) is 3.19. The Bertz CT molecular complexity index is 654. The predicted octanol–water partition coefficient (Wildman–Crippen LogP) is 2.86. The van der Waals surface area contributed by atoms with Crippen molar-refractivity contribution in [3.63, 3.8) is 0 Å². The molecular formula is C17H20N2O2. The highest BCUT2D eigenvalue weighted by Gasteiger charge is 2.42. The van der Waals surface area contributed by atoms with Gasteiger partial charge in [0, 0.05) is 18.0 Å². The van der Waals surface area contributed by atoms with Gasteiger partial charge in [0.15, 0.2) is 0 Å². The number of pyridine rings is 1. The summed E-state index contributed by atoms with van der Waals surface area (Å²) in [6, 6.07) is 9.42. The van der Waals surface area contributed by atoms with E-state index in [1.807, 2.05) is 24.3 Å². The van der Waals surface area contributed by atoms with Crippen molar-refractivity contribution >= 4 is 10.9 Å². The third kappa shape index (κ3) is 2.44. The molecule has 0 N–H and O–H groups in total. The topological polar surface area (TPSA) is 34.4 Å². The van der Waals surface area contributed by atoms with Crippen molar-refractivity contribution in [2.75, 3.05) is 20.3 Å². The number of ether oxygens (including phenoxy) is 2. The number of aromatic nitrogens is 1. The van der Waals surface area contributed by atoms with Crippen LogP contribution in [0.5, 0.6) is 11.5 Å². The number of hydrogen-bond acceptors (Lipinski definition) is 4. The summed E-state index contributed by atoms with van der Waals surface area (Å²) >= 11 is 0. The number of methoxy groups -OCH3 is 1. The fourth-order valence-electron chi connectivity index (χ4n) is 3.06. The van der Waals surface area contributed by atoms with Crippen LogP contribution in [-0.2, 0) is 0 Å². The molecule has 21 heavy (non-hydrogen) atoms. The summed E-state index contributed by atoms with van der Waals surface area (Å²) in [7, 11) is 1.67. The lowest BCUT2D eigenvalue weighted by molar-refractivity contribution is 0.215. The van der Waals surface area contributed by atoms with Crippen LogP contribution in [0.1, 0.15) is 19.3 Å². The molecular weight excluding hydrogens is 264 g/mol. The molecule has 1 aromatic carbocycles. The van der Waals surface area contributed by atoms with Gasteiger partial charge >= 0.3 is 0 Å². The average molecular weight is 284 g/mol. The molecule has 2 aliphatic rings. The molecule has 4 heteroatoms. The summed E-state index contributed by atoms with van der Waals surface area (Å²) in [4.78, 5) is 7.02. The molecule has 2 fully saturated rings. The summed E-state index contributed by atoms with van der Waals surface area (Å²) in [5, 5.41) is 1.05. The van der Waals surface area contributed by atoms with Gasteiger partial charge in [0.25, 0.3) is 0 Å². The molecule has 1 aromatic heterocycles. The second-order valence-corrected chi connectivity index (χ2v) is 5.95. The fraction of sp³-hybridized carbons (Fsp3) is 0.471. The van der Waals surface area contributed by atoms with Crippen LogP contribution < -0.4 is 9.47 Å². The van der Waals surface area contributed by atoms with Crippen molar-refractivity contribution in [2.45, 2.75) is 31.3 Å². The number of rotatable bonds is 5.